The molecule has 2 amide bonds. The summed E-state index contributed by atoms with van der Waals surface area (Å²) in [6.45, 7) is 15.1. The quantitative estimate of drug-likeness (QED) is 0.330. The molecule has 1 saturated heterocycles. The average Bonchev–Trinajstić information content (AvgIpc) is 3.30. The molecule has 1 N–H and O–H groups in total. The first kappa shape index (κ1) is 30.2. The van der Waals surface area contributed by atoms with Crippen molar-refractivity contribution in [1.82, 2.24) is 9.80 Å². The van der Waals surface area contributed by atoms with E-state index in [2.05, 4.69) is 40.4 Å². The summed E-state index contributed by atoms with van der Waals surface area (Å²) in [5, 5.41) is 3.03. The maximum absolute atomic E-state index is 13.2. The molecule has 3 aromatic carbocycles. The molecule has 0 unspecified atom stereocenters. The van der Waals surface area contributed by atoms with Crippen LogP contribution in [0.4, 0.5) is 15.3 Å². The summed E-state index contributed by atoms with van der Waals surface area (Å²) >= 11 is 0. The number of nitrogens with one attached hydrogen (secondary N) is 1. The molecule has 0 spiro atoms. The lowest BCUT2D eigenvalue weighted by atomic mass is 9.91. The number of terminal acetylenes is 1. The molecule has 1 aliphatic heterocycles. The summed E-state index contributed by atoms with van der Waals surface area (Å²) in [5.41, 5.74) is 9.60. The fourth-order valence-corrected chi connectivity index (χ4v) is 6.29. The molecule has 1 heterocycles. The summed E-state index contributed by atoms with van der Waals surface area (Å²) < 4.78 is 11.4. The van der Waals surface area contributed by atoms with E-state index in [0.29, 0.717) is 38.4 Å². The smallest absolute Gasteiger partial charge is 0.411 e. The van der Waals surface area contributed by atoms with Gasteiger partial charge >= 0.3 is 12.2 Å². The van der Waals surface area contributed by atoms with Gasteiger partial charge in [0.05, 0.1) is 5.69 Å². The van der Waals surface area contributed by atoms with Gasteiger partial charge in [-0.25, -0.2) is 9.59 Å². The molecule has 0 radical (unpaired) electrons. The zero-order valence-corrected chi connectivity index (χ0v) is 26.0. The molecule has 0 aromatic heterocycles. The minimum atomic E-state index is -0.521. The fourth-order valence-electron chi connectivity index (χ4n) is 6.29. The minimum Gasteiger partial charge on any atom is -0.448 e. The first-order chi connectivity index (χ1) is 20.5. The van der Waals surface area contributed by atoms with E-state index >= 15 is 0 Å². The Bertz CT molecular complexity index is 1540. The molecular formula is C36H41N3O4. The zero-order chi connectivity index (χ0) is 30.9. The van der Waals surface area contributed by atoms with Gasteiger partial charge in [-0.2, -0.15) is 0 Å². The first-order valence-electron chi connectivity index (χ1n) is 14.9. The first-order valence-corrected chi connectivity index (χ1v) is 14.9. The Labute approximate surface area is 255 Å². The topological polar surface area (TPSA) is 71.1 Å². The summed E-state index contributed by atoms with van der Waals surface area (Å²) in [4.78, 5) is 29.8. The number of hydrogen-bond acceptors (Lipinski definition) is 5. The molecule has 1 fully saturated rings. The summed E-state index contributed by atoms with van der Waals surface area (Å²) in [5.74, 6) is 2.83. The van der Waals surface area contributed by atoms with E-state index in [1.54, 1.807) is 4.90 Å². The van der Waals surface area contributed by atoms with E-state index in [9.17, 15) is 9.59 Å². The second-order valence-electron chi connectivity index (χ2n) is 12.4. The predicted molar refractivity (Wildman–Crippen MR) is 170 cm³/mol. The number of benzene rings is 3. The number of anilines is 1. The van der Waals surface area contributed by atoms with Crippen molar-refractivity contribution in [2.45, 2.75) is 59.6 Å². The van der Waals surface area contributed by atoms with Gasteiger partial charge in [0.2, 0.25) is 0 Å². The molecule has 43 heavy (non-hydrogen) atoms. The zero-order valence-electron chi connectivity index (χ0n) is 26.0. The highest BCUT2D eigenvalue weighted by molar-refractivity contribution is 5.88. The van der Waals surface area contributed by atoms with Crippen LogP contribution >= 0.6 is 0 Å². The van der Waals surface area contributed by atoms with Crippen LogP contribution in [-0.4, -0.2) is 60.4 Å². The number of carbonyl (C=O) groups excluding carboxylic acids is 2. The van der Waals surface area contributed by atoms with Crippen LogP contribution in [0.15, 0.2) is 48.5 Å². The number of fused-ring (bicyclic) bond motifs is 3. The number of rotatable bonds is 5. The third kappa shape index (κ3) is 6.25. The van der Waals surface area contributed by atoms with Gasteiger partial charge in [0.25, 0.3) is 0 Å². The van der Waals surface area contributed by atoms with Crippen LogP contribution in [0.25, 0.3) is 11.1 Å². The van der Waals surface area contributed by atoms with Crippen molar-refractivity contribution in [1.29, 1.82) is 0 Å². The molecule has 0 bridgehead atoms. The van der Waals surface area contributed by atoms with Gasteiger partial charge in [-0.05, 0) is 86.1 Å². The molecular weight excluding hydrogens is 538 g/mol. The van der Waals surface area contributed by atoms with Gasteiger partial charge in [0, 0.05) is 44.2 Å². The van der Waals surface area contributed by atoms with E-state index in [4.69, 9.17) is 15.9 Å². The Morgan fingerprint density at radius 1 is 0.907 bits per heavy atom. The Kier molecular flexibility index (Phi) is 8.52. The average molecular weight is 580 g/mol. The van der Waals surface area contributed by atoms with Gasteiger partial charge in [-0.15, -0.1) is 6.42 Å². The third-order valence-corrected chi connectivity index (χ3v) is 8.53. The Morgan fingerprint density at radius 2 is 1.49 bits per heavy atom. The molecule has 0 atom stereocenters. The van der Waals surface area contributed by atoms with Crippen molar-refractivity contribution < 1.29 is 19.1 Å². The van der Waals surface area contributed by atoms with Gasteiger partial charge in [-0.1, -0.05) is 54.5 Å². The van der Waals surface area contributed by atoms with Crippen LogP contribution in [0.5, 0.6) is 0 Å². The summed E-state index contributed by atoms with van der Waals surface area (Å²) in [7, 11) is 0. The standard InChI is InChI=1S/C36H41N3O4/c1-8-26-23(2)31(21-38-17-19-39(20-18-38)35(41)43-36(5,6)7)25(4)33(24(26)3)37-34(40)42-22-32-29-15-11-9-13-27(29)28-14-10-12-16-30(28)32/h1,9-16,32H,17-22H2,2-7H3,(H,37,40). The minimum absolute atomic E-state index is 0.0189. The van der Waals surface area contributed by atoms with Crippen molar-refractivity contribution in [3.05, 3.63) is 87.5 Å². The van der Waals surface area contributed by atoms with E-state index in [1.807, 2.05) is 65.8 Å². The van der Waals surface area contributed by atoms with Crippen molar-refractivity contribution in [3.63, 3.8) is 0 Å². The third-order valence-electron chi connectivity index (χ3n) is 8.53. The van der Waals surface area contributed by atoms with E-state index in [-0.39, 0.29) is 18.6 Å². The second kappa shape index (κ2) is 12.1. The van der Waals surface area contributed by atoms with Crippen molar-refractivity contribution in [2.75, 3.05) is 38.1 Å². The molecule has 1 aliphatic carbocycles. The lowest BCUT2D eigenvalue weighted by Gasteiger charge is -2.36. The number of hydrogen-bond donors (Lipinski definition) is 1. The SMILES string of the molecule is C#Cc1c(C)c(CN2CCN(C(=O)OC(C)(C)C)CC2)c(C)c(NC(=O)OCC2c3ccccc3-c3ccccc32)c1C. The Balaban J connectivity index is 1.29. The largest absolute Gasteiger partial charge is 0.448 e. The second-order valence-corrected chi connectivity index (χ2v) is 12.4. The molecule has 7 heteroatoms. The number of ether oxygens (including phenoxy) is 2. The molecule has 0 saturated carbocycles. The molecule has 3 aromatic rings. The predicted octanol–water partition coefficient (Wildman–Crippen LogP) is 7.01. The van der Waals surface area contributed by atoms with Gasteiger partial charge in [0.1, 0.15) is 12.2 Å². The van der Waals surface area contributed by atoms with Gasteiger partial charge < -0.3 is 14.4 Å². The maximum Gasteiger partial charge on any atom is 0.411 e. The van der Waals surface area contributed by atoms with Crippen LogP contribution in [0.1, 0.15) is 65.6 Å². The summed E-state index contributed by atoms with van der Waals surface area (Å²) in [6, 6.07) is 16.6. The fraction of sp³-hybridized carbons (Fsp3) is 0.389. The van der Waals surface area contributed by atoms with Crippen LogP contribution in [0, 0.1) is 33.1 Å². The number of amides is 2. The normalized spacial score (nSPS) is 15.0. The van der Waals surface area contributed by atoms with Gasteiger partial charge in [0.15, 0.2) is 0 Å². The van der Waals surface area contributed by atoms with Gasteiger partial charge in [-0.3, -0.25) is 10.2 Å². The number of piperazine rings is 1. The molecule has 224 valence electrons. The Morgan fingerprint density at radius 3 is 2.05 bits per heavy atom. The Hall–Kier alpha value is -4.28. The highest BCUT2D eigenvalue weighted by atomic mass is 16.6. The van der Waals surface area contributed by atoms with E-state index < -0.39 is 11.7 Å². The molecule has 2 aliphatic rings. The van der Waals surface area contributed by atoms with Crippen LogP contribution in [0.3, 0.4) is 0 Å². The van der Waals surface area contributed by atoms with Crippen molar-refractivity contribution in [3.8, 4) is 23.5 Å². The maximum atomic E-state index is 13.2. The highest BCUT2D eigenvalue weighted by Crippen LogP contribution is 2.44. The van der Waals surface area contributed by atoms with E-state index in [0.717, 1.165) is 27.8 Å². The molecule has 7 nitrogen and oxygen atoms in total. The van der Waals surface area contributed by atoms with E-state index in [1.165, 1.54) is 22.3 Å². The van der Waals surface area contributed by atoms with Crippen molar-refractivity contribution in [2.24, 2.45) is 0 Å². The number of carbonyl (C=O) groups is 2. The van der Waals surface area contributed by atoms with Crippen molar-refractivity contribution >= 4 is 17.9 Å². The monoisotopic (exact) mass is 579 g/mol. The molecule has 5 rings (SSSR count). The lowest BCUT2D eigenvalue weighted by molar-refractivity contribution is 0.0138. The summed E-state index contributed by atoms with van der Waals surface area (Å²) in [6.07, 6.45) is 5.19. The van der Waals surface area contributed by atoms with Crippen LogP contribution in [0.2, 0.25) is 0 Å². The number of nitrogens with zero attached hydrogens (tertiary/aromatic N) is 2. The highest BCUT2D eigenvalue weighted by Gasteiger charge is 2.30. The van der Waals surface area contributed by atoms with Crippen LogP contribution < -0.4 is 5.32 Å². The lowest BCUT2D eigenvalue weighted by Crippen LogP contribution is -2.49. The van der Waals surface area contributed by atoms with Crippen LogP contribution in [-0.2, 0) is 16.0 Å².